The number of fused-ring (bicyclic) bond motifs is 1. The van der Waals surface area contributed by atoms with Crippen LogP contribution in [0.2, 0.25) is 0 Å². The second kappa shape index (κ2) is 5.26. The molecule has 1 heterocycles. The number of amides is 1. The second-order valence-electron chi connectivity index (χ2n) is 5.59. The highest BCUT2D eigenvalue weighted by atomic mass is 79.9. The third kappa shape index (κ3) is 3.01. The molecule has 5 heteroatoms. The highest BCUT2D eigenvalue weighted by Crippen LogP contribution is 2.39. The van der Waals surface area contributed by atoms with Crippen LogP contribution in [0.3, 0.4) is 0 Å². The zero-order valence-corrected chi connectivity index (χ0v) is 13.7. The maximum absolute atomic E-state index is 12.0. The van der Waals surface area contributed by atoms with Gasteiger partial charge in [0.05, 0.1) is 9.89 Å². The molecule has 0 saturated carbocycles. The van der Waals surface area contributed by atoms with E-state index in [9.17, 15) is 10.1 Å². The first-order chi connectivity index (χ1) is 8.82. The van der Waals surface area contributed by atoms with Gasteiger partial charge in [-0.2, -0.15) is 5.26 Å². The molecule has 1 atom stereocenters. The smallest absolute Gasteiger partial charge is 0.241 e. The van der Waals surface area contributed by atoms with E-state index in [1.165, 1.54) is 4.88 Å². The SMILES string of the molecule is CC1CCc2c(sc(NC(=O)C(C)(C)Br)c2C#N)C1. The lowest BCUT2D eigenvalue weighted by atomic mass is 9.88. The summed E-state index contributed by atoms with van der Waals surface area (Å²) in [6.07, 6.45) is 3.08. The number of carbonyl (C=O) groups is 1. The number of nitrogens with one attached hydrogen (secondary N) is 1. The summed E-state index contributed by atoms with van der Waals surface area (Å²) in [5.74, 6) is 0.546. The fourth-order valence-electron chi connectivity index (χ4n) is 2.21. The molecule has 1 aromatic heterocycles. The van der Waals surface area contributed by atoms with Gasteiger partial charge in [0.15, 0.2) is 0 Å². The first kappa shape index (κ1) is 14.5. The van der Waals surface area contributed by atoms with Crippen molar-refractivity contribution in [3.8, 4) is 6.07 Å². The third-order valence-corrected chi connectivity index (χ3v) is 4.92. The number of rotatable bonds is 2. The van der Waals surface area contributed by atoms with Crippen LogP contribution < -0.4 is 5.32 Å². The molecule has 19 heavy (non-hydrogen) atoms. The molecule has 3 nitrogen and oxygen atoms in total. The molecule has 1 aliphatic carbocycles. The number of anilines is 1. The Bertz CT molecular complexity index is 551. The molecule has 1 amide bonds. The molecule has 0 fully saturated rings. The zero-order chi connectivity index (χ0) is 14.2. The van der Waals surface area contributed by atoms with E-state index in [1.807, 2.05) is 0 Å². The van der Waals surface area contributed by atoms with Crippen LogP contribution in [0.25, 0.3) is 0 Å². The monoisotopic (exact) mass is 340 g/mol. The number of nitriles is 1. The summed E-state index contributed by atoms with van der Waals surface area (Å²) in [7, 11) is 0. The Hall–Kier alpha value is -0.860. The van der Waals surface area contributed by atoms with E-state index in [0.29, 0.717) is 16.5 Å². The van der Waals surface area contributed by atoms with E-state index < -0.39 is 4.32 Å². The van der Waals surface area contributed by atoms with Crippen molar-refractivity contribution in [1.82, 2.24) is 0 Å². The van der Waals surface area contributed by atoms with Gasteiger partial charge in [0.1, 0.15) is 11.1 Å². The van der Waals surface area contributed by atoms with Crippen molar-refractivity contribution in [3.63, 3.8) is 0 Å². The molecule has 0 saturated heterocycles. The number of carbonyl (C=O) groups excluding carboxylic acids is 1. The largest absolute Gasteiger partial charge is 0.315 e. The standard InChI is InChI=1S/C14H17BrN2OS/c1-8-4-5-9-10(7-16)12(19-11(9)6-8)17-13(18)14(2,3)15/h8H,4-6H2,1-3H3,(H,17,18). The number of hydrogen-bond acceptors (Lipinski definition) is 3. The Morgan fingerprint density at radius 3 is 2.84 bits per heavy atom. The molecule has 1 N–H and O–H groups in total. The minimum absolute atomic E-state index is 0.115. The van der Waals surface area contributed by atoms with Crippen molar-refractivity contribution in [1.29, 1.82) is 5.26 Å². The number of alkyl halides is 1. The first-order valence-electron chi connectivity index (χ1n) is 6.38. The molecule has 2 rings (SSSR count). The molecule has 0 spiro atoms. The summed E-state index contributed by atoms with van der Waals surface area (Å²) in [6.45, 7) is 5.82. The molecule has 0 aliphatic heterocycles. The number of halogens is 1. The van der Waals surface area contributed by atoms with Crippen LogP contribution in [-0.4, -0.2) is 10.2 Å². The van der Waals surface area contributed by atoms with Crippen LogP contribution in [0.15, 0.2) is 0 Å². The molecule has 1 aliphatic rings. The summed E-state index contributed by atoms with van der Waals surface area (Å²) >= 11 is 4.90. The summed E-state index contributed by atoms with van der Waals surface area (Å²) in [6, 6.07) is 2.26. The van der Waals surface area contributed by atoms with Crippen LogP contribution >= 0.6 is 27.3 Å². The Morgan fingerprint density at radius 2 is 2.26 bits per heavy atom. The van der Waals surface area contributed by atoms with Gasteiger partial charge in [-0.1, -0.05) is 22.9 Å². The Labute approximate surface area is 126 Å². The Morgan fingerprint density at radius 1 is 1.58 bits per heavy atom. The summed E-state index contributed by atoms with van der Waals surface area (Å²) < 4.78 is -0.627. The van der Waals surface area contributed by atoms with Gasteiger partial charge in [-0.05, 0) is 44.6 Å². The lowest BCUT2D eigenvalue weighted by Crippen LogP contribution is -2.30. The Balaban J connectivity index is 2.33. The first-order valence-corrected chi connectivity index (χ1v) is 7.99. The van der Waals surface area contributed by atoms with Crippen molar-refractivity contribution in [2.75, 3.05) is 5.32 Å². The normalized spacial score (nSPS) is 18.6. The van der Waals surface area contributed by atoms with E-state index in [4.69, 9.17) is 0 Å². The van der Waals surface area contributed by atoms with Gasteiger partial charge in [0.25, 0.3) is 0 Å². The van der Waals surface area contributed by atoms with Crippen LogP contribution in [0.5, 0.6) is 0 Å². The van der Waals surface area contributed by atoms with Crippen LogP contribution in [0.4, 0.5) is 5.00 Å². The fraction of sp³-hybridized carbons (Fsp3) is 0.571. The van der Waals surface area contributed by atoms with Crippen LogP contribution in [0, 0.1) is 17.2 Å². The lowest BCUT2D eigenvalue weighted by Gasteiger charge is -2.17. The second-order valence-corrected chi connectivity index (χ2v) is 8.68. The average Bonchev–Trinajstić information content (AvgIpc) is 2.63. The minimum Gasteiger partial charge on any atom is -0.315 e. The lowest BCUT2D eigenvalue weighted by molar-refractivity contribution is -0.117. The third-order valence-electron chi connectivity index (χ3n) is 3.39. The van der Waals surface area contributed by atoms with Crippen molar-refractivity contribution < 1.29 is 4.79 Å². The van der Waals surface area contributed by atoms with E-state index in [1.54, 1.807) is 25.2 Å². The minimum atomic E-state index is -0.627. The topological polar surface area (TPSA) is 52.9 Å². The quantitative estimate of drug-likeness (QED) is 0.831. The van der Waals surface area contributed by atoms with E-state index in [0.717, 1.165) is 24.8 Å². The maximum atomic E-state index is 12.0. The molecule has 1 aromatic rings. The summed E-state index contributed by atoms with van der Waals surface area (Å²) in [5, 5.41) is 12.9. The Kier molecular flexibility index (Phi) is 4.03. The molecular formula is C14H17BrN2OS. The molecule has 102 valence electrons. The van der Waals surface area contributed by atoms with Crippen molar-refractivity contribution >= 4 is 38.2 Å². The van der Waals surface area contributed by atoms with Gasteiger partial charge in [0.2, 0.25) is 5.91 Å². The predicted octanol–water partition coefficient (Wildman–Crippen LogP) is 3.86. The van der Waals surface area contributed by atoms with Crippen molar-refractivity contribution in [2.45, 2.75) is 44.4 Å². The van der Waals surface area contributed by atoms with Crippen molar-refractivity contribution in [2.24, 2.45) is 5.92 Å². The maximum Gasteiger partial charge on any atom is 0.241 e. The van der Waals surface area contributed by atoms with Crippen LogP contribution in [0.1, 0.15) is 43.2 Å². The molecule has 1 unspecified atom stereocenters. The van der Waals surface area contributed by atoms with E-state index in [2.05, 4.69) is 34.2 Å². The summed E-state index contributed by atoms with van der Waals surface area (Å²) in [5.41, 5.74) is 1.81. The van der Waals surface area contributed by atoms with E-state index >= 15 is 0 Å². The van der Waals surface area contributed by atoms with Gasteiger partial charge >= 0.3 is 0 Å². The van der Waals surface area contributed by atoms with Crippen molar-refractivity contribution in [3.05, 3.63) is 16.0 Å². The van der Waals surface area contributed by atoms with Gasteiger partial charge in [-0.25, -0.2) is 0 Å². The van der Waals surface area contributed by atoms with E-state index in [-0.39, 0.29) is 5.91 Å². The fourth-order valence-corrected chi connectivity index (χ4v) is 3.66. The van der Waals surface area contributed by atoms with Crippen LogP contribution in [-0.2, 0) is 17.6 Å². The number of hydrogen-bond donors (Lipinski definition) is 1. The highest BCUT2D eigenvalue weighted by molar-refractivity contribution is 9.10. The van der Waals surface area contributed by atoms with Gasteiger partial charge in [-0.15, -0.1) is 11.3 Å². The average molecular weight is 341 g/mol. The van der Waals surface area contributed by atoms with Gasteiger partial charge in [-0.3, -0.25) is 4.79 Å². The van der Waals surface area contributed by atoms with Gasteiger partial charge in [0, 0.05) is 4.88 Å². The molecule has 0 radical (unpaired) electrons. The molecule has 0 bridgehead atoms. The molecule has 0 aromatic carbocycles. The predicted molar refractivity (Wildman–Crippen MR) is 81.9 cm³/mol. The summed E-state index contributed by atoms with van der Waals surface area (Å²) in [4.78, 5) is 13.3. The molecular weight excluding hydrogens is 324 g/mol. The zero-order valence-electron chi connectivity index (χ0n) is 11.3. The van der Waals surface area contributed by atoms with Gasteiger partial charge < -0.3 is 5.32 Å². The highest BCUT2D eigenvalue weighted by Gasteiger charge is 2.28. The number of nitrogens with zero attached hydrogens (tertiary/aromatic N) is 1. The number of thiophene rings is 1.